The predicted octanol–water partition coefficient (Wildman–Crippen LogP) is 4.09. The molecule has 5 nitrogen and oxygen atoms in total. The van der Waals surface area contributed by atoms with E-state index in [9.17, 15) is 10.1 Å². The topological polar surface area (TPSA) is 61.0 Å². The Morgan fingerprint density at radius 3 is 2.50 bits per heavy atom. The third-order valence-electron chi connectivity index (χ3n) is 3.76. The quantitative estimate of drug-likeness (QED) is 0.632. The molecule has 1 aliphatic carbocycles. The summed E-state index contributed by atoms with van der Waals surface area (Å²) in [5.41, 5.74) is 1.82. The van der Waals surface area contributed by atoms with Gasteiger partial charge in [-0.2, -0.15) is 5.10 Å². The highest BCUT2D eigenvalue weighted by atomic mass is 35.5. The van der Waals surface area contributed by atoms with Crippen LogP contribution < -0.4 is 0 Å². The fraction of sp³-hybridized carbons (Fsp3) is 0.357. The number of rotatable bonds is 3. The zero-order valence-electron chi connectivity index (χ0n) is 10.8. The second-order valence-corrected chi connectivity index (χ2v) is 5.45. The molecule has 1 aliphatic rings. The van der Waals surface area contributed by atoms with E-state index < -0.39 is 4.92 Å². The molecule has 0 spiro atoms. The summed E-state index contributed by atoms with van der Waals surface area (Å²) in [6, 6.07) is 8.15. The van der Waals surface area contributed by atoms with Crippen molar-refractivity contribution in [2.75, 3.05) is 0 Å². The molecule has 2 aromatic rings. The molecule has 0 saturated heterocycles. The summed E-state index contributed by atoms with van der Waals surface area (Å²) in [5, 5.41) is 15.7. The number of non-ortho nitro benzene ring substituents is 1. The highest BCUT2D eigenvalue weighted by Gasteiger charge is 2.21. The van der Waals surface area contributed by atoms with E-state index >= 15 is 0 Å². The maximum absolute atomic E-state index is 10.7. The van der Waals surface area contributed by atoms with Gasteiger partial charge in [-0.15, -0.1) is 0 Å². The Labute approximate surface area is 121 Å². The van der Waals surface area contributed by atoms with Crippen LogP contribution in [0.25, 0.3) is 5.69 Å². The first kappa shape index (κ1) is 13.1. The molecule has 6 heteroatoms. The number of benzene rings is 1. The summed E-state index contributed by atoms with van der Waals surface area (Å²) in [4.78, 5) is 10.2. The van der Waals surface area contributed by atoms with E-state index in [0.29, 0.717) is 11.1 Å². The van der Waals surface area contributed by atoms with Gasteiger partial charge < -0.3 is 0 Å². The molecule has 1 fully saturated rings. The van der Waals surface area contributed by atoms with E-state index in [1.165, 1.54) is 25.0 Å². The van der Waals surface area contributed by atoms with Gasteiger partial charge in [0.1, 0.15) is 5.15 Å². The molecule has 0 atom stereocenters. The summed E-state index contributed by atoms with van der Waals surface area (Å²) >= 11 is 6.23. The number of aromatic nitrogens is 2. The standard InChI is InChI=1S/C14H14ClN3O2/c15-14-9-13(10-3-1-2-4-10)16-17(14)11-5-7-12(8-6-11)18(19)20/h5-10H,1-4H2. The average Bonchev–Trinajstić information content (AvgIpc) is 3.08. The van der Waals surface area contributed by atoms with Crippen LogP contribution in [-0.4, -0.2) is 14.7 Å². The van der Waals surface area contributed by atoms with Crippen molar-refractivity contribution in [2.45, 2.75) is 31.6 Å². The van der Waals surface area contributed by atoms with Crippen LogP contribution in [0.1, 0.15) is 37.3 Å². The average molecular weight is 292 g/mol. The normalized spacial score (nSPS) is 15.7. The Morgan fingerprint density at radius 2 is 1.90 bits per heavy atom. The summed E-state index contributed by atoms with van der Waals surface area (Å²) < 4.78 is 1.64. The molecular formula is C14H14ClN3O2. The predicted molar refractivity (Wildman–Crippen MR) is 76.4 cm³/mol. The zero-order valence-corrected chi connectivity index (χ0v) is 11.6. The van der Waals surface area contributed by atoms with E-state index in [2.05, 4.69) is 5.10 Å². The number of halogens is 1. The van der Waals surface area contributed by atoms with Gasteiger partial charge in [0.2, 0.25) is 0 Å². The lowest BCUT2D eigenvalue weighted by Gasteiger charge is -2.05. The zero-order chi connectivity index (χ0) is 14.1. The molecular weight excluding hydrogens is 278 g/mol. The van der Waals surface area contributed by atoms with Gasteiger partial charge in [-0.05, 0) is 31.0 Å². The molecule has 20 heavy (non-hydrogen) atoms. The van der Waals surface area contributed by atoms with E-state index in [4.69, 9.17) is 11.6 Å². The lowest BCUT2D eigenvalue weighted by atomic mass is 10.1. The van der Waals surface area contributed by atoms with Crippen molar-refractivity contribution in [3.8, 4) is 5.69 Å². The molecule has 3 rings (SSSR count). The van der Waals surface area contributed by atoms with E-state index in [-0.39, 0.29) is 5.69 Å². The van der Waals surface area contributed by atoms with E-state index in [0.717, 1.165) is 24.2 Å². The van der Waals surface area contributed by atoms with Crippen molar-refractivity contribution < 1.29 is 4.92 Å². The van der Waals surface area contributed by atoms with Crippen LogP contribution in [-0.2, 0) is 0 Å². The fourth-order valence-corrected chi connectivity index (χ4v) is 2.94. The van der Waals surface area contributed by atoms with Crippen molar-refractivity contribution in [3.05, 3.63) is 51.3 Å². The third-order valence-corrected chi connectivity index (χ3v) is 4.03. The molecule has 1 aromatic carbocycles. The Bertz CT molecular complexity index is 630. The molecule has 0 amide bonds. The Kier molecular flexibility index (Phi) is 3.44. The molecule has 0 N–H and O–H groups in total. The highest BCUT2D eigenvalue weighted by Crippen LogP contribution is 2.34. The van der Waals surface area contributed by atoms with Crippen LogP contribution in [0.5, 0.6) is 0 Å². The molecule has 104 valence electrons. The van der Waals surface area contributed by atoms with Crippen LogP contribution in [0.4, 0.5) is 5.69 Å². The molecule has 1 heterocycles. The monoisotopic (exact) mass is 291 g/mol. The number of nitro groups is 1. The molecule has 0 bridgehead atoms. The smallest absolute Gasteiger partial charge is 0.258 e. The molecule has 1 saturated carbocycles. The van der Waals surface area contributed by atoms with Gasteiger partial charge in [-0.1, -0.05) is 24.4 Å². The maximum Gasteiger partial charge on any atom is 0.269 e. The molecule has 0 aliphatic heterocycles. The third kappa shape index (κ3) is 2.41. The van der Waals surface area contributed by atoms with Gasteiger partial charge in [-0.25, -0.2) is 4.68 Å². The van der Waals surface area contributed by atoms with Crippen LogP contribution in [0.15, 0.2) is 30.3 Å². The number of hydrogen-bond acceptors (Lipinski definition) is 3. The minimum atomic E-state index is -0.418. The summed E-state index contributed by atoms with van der Waals surface area (Å²) in [7, 11) is 0. The van der Waals surface area contributed by atoms with Crippen molar-refractivity contribution in [2.24, 2.45) is 0 Å². The van der Waals surface area contributed by atoms with Gasteiger partial charge in [-0.3, -0.25) is 10.1 Å². The first-order valence-electron chi connectivity index (χ1n) is 6.65. The first-order valence-corrected chi connectivity index (χ1v) is 7.03. The SMILES string of the molecule is O=[N+]([O-])c1ccc(-n2nc(C3CCCC3)cc2Cl)cc1. The minimum absolute atomic E-state index is 0.0630. The van der Waals surface area contributed by atoms with E-state index in [1.54, 1.807) is 16.8 Å². The van der Waals surface area contributed by atoms with Crippen molar-refractivity contribution >= 4 is 17.3 Å². The Hall–Kier alpha value is -1.88. The second-order valence-electron chi connectivity index (χ2n) is 5.06. The maximum atomic E-state index is 10.7. The van der Waals surface area contributed by atoms with Crippen LogP contribution >= 0.6 is 11.6 Å². The lowest BCUT2D eigenvalue weighted by Crippen LogP contribution is -2.00. The van der Waals surface area contributed by atoms with Crippen LogP contribution in [0, 0.1) is 10.1 Å². The van der Waals surface area contributed by atoms with Crippen LogP contribution in [0.2, 0.25) is 5.15 Å². The largest absolute Gasteiger partial charge is 0.269 e. The fourth-order valence-electron chi connectivity index (χ4n) is 2.69. The molecule has 0 radical (unpaired) electrons. The Morgan fingerprint density at radius 1 is 1.25 bits per heavy atom. The number of nitrogens with zero attached hydrogens (tertiary/aromatic N) is 3. The van der Waals surface area contributed by atoms with Crippen molar-refractivity contribution in [3.63, 3.8) is 0 Å². The van der Waals surface area contributed by atoms with Gasteiger partial charge in [0.25, 0.3) is 5.69 Å². The van der Waals surface area contributed by atoms with E-state index in [1.807, 2.05) is 6.07 Å². The molecule has 1 aromatic heterocycles. The van der Waals surface area contributed by atoms with Crippen molar-refractivity contribution in [1.82, 2.24) is 9.78 Å². The van der Waals surface area contributed by atoms with Crippen LogP contribution in [0.3, 0.4) is 0 Å². The first-order chi connectivity index (χ1) is 9.65. The van der Waals surface area contributed by atoms with Gasteiger partial charge in [0.15, 0.2) is 0 Å². The lowest BCUT2D eigenvalue weighted by molar-refractivity contribution is -0.384. The summed E-state index contributed by atoms with van der Waals surface area (Å²) in [6.45, 7) is 0. The molecule has 0 unspecified atom stereocenters. The summed E-state index contributed by atoms with van der Waals surface area (Å²) in [5.74, 6) is 0.492. The second kappa shape index (κ2) is 5.25. The van der Waals surface area contributed by atoms with Gasteiger partial charge >= 0.3 is 0 Å². The number of nitro benzene ring substituents is 1. The van der Waals surface area contributed by atoms with Gasteiger partial charge in [0.05, 0.1) is 16.3 Å². The minimum Gasteiger partial charge on any atom is -0.258 e. The Balaban J connectivity index is 1.91. The summed E-state index contributed by atoms with van der Waals surface area (Å²) in [6.07, 6.45) is 4.81. The highest BCUT2D eigenvalue weighted by molar-refractivity contribution is 6.29. The van der Waals surface area contributed by atoms with Gasteiger partial charge in [0, 0.05) is 18.1 Å². The number of hydrogen-bond donors (Lipinski definition) is 0. The van der Waals surface area contributed by atoms with Crippen molar-refractivity contribution in [1.29, 1.82) is 0 Å².